The second-order valence-electron chi connectivity index (χ2n) is 5.30. The normalized spacial score (nSPS) is 21.8. The average Bonchev–Trinajstić information content (AvgIpc) is 3.01. The van der Waals surface area contributed by atoms with Crippen molar-refractivity contribution in [2.75, 3.05) is 18.8 Å². The van der Waals surface area contributed by atoms with Gasteiger partial charge in [0, 0.05) is 30.9 Å². The Morgan fingerprint density at radius 2 is 1.95 bits per heavy atom. The predicted octanol–water partition coefficient (Wildman–Crippen LogP) is 2.44. The van der Waals surface area contributed by atoms with Gasteiger partial charge in [-0.2, -0.15) is 0 Å². The van der Waals surface area contributed by atoms with Gasteiger partial charge in [0.1, 0.15) is 0 Å². The number of anilines is 1. The van der Waals surface area contributed by atoms with E-state index in [0.717, 1.165) is 30.9 Å². The van der Waals surface area contributed by atoms with Gasteiger partial charge in [0.05, 0.1) is 0 Å². The number of nitrogen functional groups attached to an aromatic ring is 1. The van der Waals surface area contributed by atoms with Gasteiger partial charge >= 0.3 is 0 Å². The molecule has 3 N–H and O–H groups in total. The van der Waals surface area contributed by atoms with E-state index < -0.39 is 0 Å². The van der Waals surface area contributed by atoms with Crippen LogP contribution in [0.25, 0.3) is 0 Å². The summed E-state index contributed by atoms with van der Waals surface area (Å²) in [6, 6.07) is 9.86. The molecular formula is C14H23Cl2N3. The van der Waals surface area contributed by atoms with E-state index in [0.29, 0.717) is 0 Å². The van der Waals surface area contributed by atoms with Crippen molar-refractivity contribution < 1.29 is 0 Å². The van der Waals surface area contributed by atoms with Crippen LogP contribution in [0.4, 0.5) is 5.69 Å². The van der Waals surface area contributed by atoms with Crippen LogP contribution < -0.4 is 11.1 Å². The van der Waals surface area contributed by atoms with E-state index in [-0.39, 0.29) is 24.8 Å². The molecule has 108 valence electrons. The van der Waals surface area contributed by atoms with Crippen LogP contribution in [0.1, 0.15) is 24.8 Å². The Kier molecular flexibility index (Phi) is 6.40. The third-order valence-electron chi connectivity index (χ3n) is 3.84. The molecular weight excluding hydrogens is 281 g/mol. The first-order valence-corrected chi connectivity index (χ1v) is 6.64. The largest absolute Gasteiger partial charge is 0.399 e. The monoisotopic (exact) mass is 303 g/mol. The minimum absolute atomic E-state index is 0. The molecule has 0 radical (unpaired) electrons. The van der Waals surface area contributed by atoms with E-state index in [1.54, 1.807) is 0 Å². The molecule has 0 aromatic heterocycles. The van der Waals surface area contributed by atoms with Gasteiger partial charge in [-0.1, -0.05) is 12.1 Å². The zero-order valence-electron chi connectivity index (χ0n) is 11.0. The molecule has 0 bridgehead atoms. The van der Waals surface area contributed by atoms with Crippen LogP contribution >= 0.6 is 24.8 Å². The number of nitrogens with zero attached hydrogens (tertiary/aromatic N) is 1. The molecule has 0 amide bonds. The zero-order valence-corrected chi connectivity index (χ0v) is 12.7. The molecule has 3 nitrogen and oxygen atoms in total. The van der Waals surface area contributed by atoms with Gasteiger partial charge in [0.25, 0.3) is 0 Å². The quantitative estimate of drug-likeness (QED) is 0.840. The van der Waals surface area contributed by atoms with Crippen LogP contribution in [-0.2, 0) is 6.54 Å². The summed E-state index contributed by atoms with van der Waals surface area (Å²) in [6.45, 7) is 3.38. The number of benzene rings is 1. The summed E-state index contributed by atoms with van der Waals surface area (Å²) >= 11 is 0. The molecule has 2 aliphatic rings. The maximum Gasteiger partial charge on any atom is 0.0317 e. The van der Waals surface area contributed by atoms with Crippen LogP contribution in [0.3, 0.4) is 0 Å². The minimum atomic E-state index is 0. The van der Waals surface area contributed by atoms with Crippen molar-refractivity contribution >= 4 is 30.5 Å². The highest BCUT2D eigenvalue weighted by molar-refractivity contribution is 5.85. The molecule has 1 unspecified atom stereocenters. The van der Waals surface area contributed by atoms with Gasteiger partial charge in [0.2, 0.25) is 0 Å². The molecule has 2 fully saturated rings. The van der Waals surface area contributed by atoms with E-state index in [1.807, 2.05) is 6.07 Å². The van der Waals surface area contributed by atoms with Gasteiger partial charge in [-0.15, -0.1) is 24.8 Å². The summed E-state index contributed by atoms with van der Waals surface area (Å²) in [4.78, 5) is 2.68. The molecule has 5 heteroatoms. The maximum absolute atomic E-state index is 5.85. The standard InChI is InChI=1S/C14H21N3.2ClH/c15-12-3-1-2-11(8-12)10-17(13-4-5-13)14-6-7-16-9-14;;/h1-3,8,13-14,16H,4-7,9-10,15H2;2*1H. The number of rotatable bonds is 4. The molecule has 1 saturated heterocycles. The fourth-order valence-electron chi connectivity index (χ4n) is 2.79. The Hall–Kier alpha value is -0.480. The minimum Gasteiger partial charge on any atom is -0.399 e. The van der Waals surface area contributed by atoms with Crippen LogP contribution in [0, 0.1) is 0 Å². The number of hydrogen-bond donors (Lipinski definition) is 2. The zero-order chi connectivity index (χ0) is 11.7. The second kappa shape index (κ2) is 7.34. The fraction of sp³-hybridized carbons (Fsp3) is 0.571. The van der Waals surface area contributed by atoms with Crippen molar-refractivity contribution in [2.45, 2.75) is 37.9 Å². The molecule has 1 heterocycles. The van der Waals surface area contributed by atoms with Crippen molar-refractivity contribution in [2.24, 2.45) is 0 Å². The summed E-state index contributed by atoms with van der Waals surface area (Å²) < 4.78 is 0. The lowest BCUT2D eigenvalue weighted by Gasteiger charge is -2.28. The van der Waals surface area contributed by atoms with E-state index >= 15 is 0 Å². The molecule has 1 aromatic rings. The van der Waals surface area contributed by atoms with E-state index in [9.17, 15) is 0 Å². The van der Waals surface area contributed by atoms with Crippen molar-refractivity contribution in [1.82, 2.24) is 10.2 Å². The SMILES string of the molecule is Cl.Cl.Nc1cccc(CN(C2CC2)C2CCNC2)c1. The summed E-state index contributed by atoms with van der Waals surface area (Å²) in [5, 5.41) is 3.47. The van der Waals surface area contributed by atoms with E-state index in [2.05, 4.69) is 28.4 Å². The van der Waals surface area contributed by atoms with Crippen LogP contribution in [-0.4, -0.2) is 30.1 Å². The van der Waals surface area contributed by atoms with Gasteiger partial charge < -0.3 is 11.1 Å². The fourth-order valence-corrected chi connectivity index (χ4v) is 2.79. The highest BCUT2D eigenvalue weighted by atomic mass is 35.5. The van der Waals surface area contributed by atoms with Crippen molar-refractivity contribution in [1.29, 1.82) is 0 Å². The summed E-state index contributed by atoms with van der Waals surface area (Å²) in [6.07, 6.45) is 4.04. The molecule has 1 aliphatic carbocycles. The summed E-state index contributed by atoms with van der Waals surface area (Å²) in [5.41, 5.74) is 8.08. The Bertz CT molecular complexity index is 390. The van der Waals surface area contributed by atoms with Crippen molar-refractivity contribution in [3.05, 3.63) is 29.8 Å². The molecule has 19 heavy (non-hydrogen) atoms. The van der Waals surface area contributed by atoms with Gasteiger partial charge in [-0.05, 0) is 43.5 Å². The lowest BCUT2D eigenvalue weighted by Crippen LogP contribution is -2.38. The second-order valence-corrected chi connectivity index (χ2v) is 5.30. The first-order chi connectivity index (χ1) is 8.33. The average molecular weight is 304 g/mol. The molecule has 1 aromatic carbocycles. The predicted molar refractivity (Wildman–Crippen MR) is 85.2 cm³/mol. The molecule has 1 aliphatic heterocycles. The smallest absolute Gasteiger partial charge is 0.0317 e. The Morgan fingerprint density at radius 1 is 1.16 bits per heavy atom. The summed E-state index contributed by atoms with van der Waals surface area (Å²) in [7, 11) is 0. The lowest BCUT2D eigenvalue weighted by molar-refractivity contribution is 0.189. The highest BCUT2D eigenvalue weighted by Gasteiger charge is 2.34. The topological polar surface area (TPSA) is 41.3 Å². The third-order valence-corrected chi connectivity index (χ3v) is 3.84. The molecule has 1 atom stereocenters. The van der Waals surface area contributed by atoms with Crippen molar-refractivity contribution in [3.63, 3.8) is 0 Å². The van der Waals surface area contributed by atoms with E-state index in [1.165, 1.54) is 31.4 Å². The number of halogens is 2. The molecule has 3 rings (SSSR count). The number of nitrogens with two attached hydrogens (primary N) is 1. The van der Waals surface area contributed by atoms with Crippen LogP contribution in [0.2, 0.25) is 0 Å². The maximum atomic E-state index is 5.85. The summed E-state index contributed by atoms with van der Waals surface area (Å²) in [5.74, 6) is 0. The van der Waals surface area contributed by atoms with Gasteiger partial charge in [0.15, 0.2) is 0 Å². The number of hydrogen-bond acceptors (Lipinski definition) is 3. The molecule has 0 spiro atoms. The Morgan fingerprint density at radius 3 is 2.53 bits per heavy atom. The van der Waals surface area contributed by atoms with Crippen LogP contribution in [0.5, 0.6) is 0 Å². The van der Waals surface area contributed by atoms with Crippen LogP contribution in [0.15, 0.2) is 24.3 Å². The van der Waals surface area contributed by atoms with E-state index in [4.69, 9.17) is 5.73 Å². The Balaban J connectivity index is 0.000000902. The molecule has 1 saturated carbocycles. The lowest BCUT2D eigenvalue weighted by atomic mass is 10.1. The first kappa shape index (κ1) is 16.6. The van der Waals surface area contributed by atoms with Gasteiger partial charge in [-0.3, -0.25) is 4.90 Å². The van der Waals surface area contributed by atoms with Crippen molar-refractivity contribution in [3.8, 4) is 0 Å². The Labute approximate surface area is 127 Å². The third kappa shape index (κ3) is 4.25. The number of nitrogens with one attached hydrogen (secondary N) is 1. The first-order valence-electron chi connectivity index (χ1n) is 6.64. The van der Waals surface area contributed by atoms with Gasteiger partial charge in [-0.25, -0.2) is 0 Å². The highest BCUT2D eigenvalue weighted by Crippen LogP contribution is 2.31.